The van der Waals surface area contributed by atoms with E-state index < -0.39 is 6.29 Å². The Morgan fingerprint density at radius 2 is 1.95 bits per heavy atom. The second-order valence-electron chi connectivity index (χ2n) is 4.24. The number of hydrogen-bond donors (Lipinski definition) is 0. The van der Waals surface area contributed by atoms with E-state index >= 15 is 0 Å². The van der Waals surface area contributed by atoms with E-state index in [0.29, 0.717) is 12.0 Å². The molecule has 0 spiro atoms. The molecule has 3 rings (SSSR count). The molecule has 0 aliphatic carbocycles. The highest BCUT2D eigenvalue weighted by atomic mass is 32.1. The van der Waals surface area contributed by atoms with Crippen LogP contribution in [0.3, 0.4) is 0 Å². The highest BCUT2D eigenvalue weighted by Crippen LogP contribution is 2.33. The van der Waals surface area contributed by atoms with Crippen LogP contribution in [0.5, 0.6) is 0 Å². The number of nitrogens with zero attached hydrogens (tertiary/aromatic N) is 1. The molecule has 0 amide bonds. The minimum absolute atomic E-state index is 0.137. The molecule has 0 unspecified atom stereocenters. The molecule has 1 aromatic heterocycles. The first kappa shape index (κ1) is 12.7. The maximum absolute atomic E-state index is 11.0. The third kappa shape index (κ3) is 2.37. The summed E-state index contributed by atoms with van der Waals surface area (Å²) in [6, 6.07) is 8.69. The Hall–Kier alpha value is -2.34. The van der Waals surface area contributed by atoms with Gasteiger partial charge in [0.1, 0.15) is 12.5 Å². The van der Waals surface area contributed by atoms with Crippen LogP contribution >= 0.6 is 11.3 Å². The number of thiophene rings is 1. The number of nitro benzene ring substituents is 1. The van der Waals surface area contributed by atoms with E-state index in [1.54, 1.807) is 29.5 Å². The number of para-hydroxylation sites is 1. The van der Waals surface area contributed by atoms with Gasteiger partial charge in [0.15, 0.2) is 0 Å². The van der Waals surface area contributed by atoms with Gasteiger partial charge in [-0.3, -0.25) is 10.1 Å². The third-order valence-electron chi connectivity index (χ3n) is 3.03. The van der Waals surface area contributed by atoms with Gasteiger partial charge in [0.25, 0.3) is 12.0 Å². The van der Waals surface area contributed by atoms with Gasteiger partial charge in [-0.05, 0) is 11.4 Å². The van der Waals surface area contributed by atoms with Crippen molar-refractivity contribution in [1.82, 2.24) is 0 Å². The minimum atomic E-state index is -0.445. The lowest BCUT2D eigenvalue weighted by Gasteiger charge is -2.11. The number of nitro groups is 1. The fraction of sp³-hybridized carbons (Fsp3) is 0.143. The Bertz CT molecular complexity index is 657. The molecule has 2 heterocycles. The van der Waals surface area contributed by atoms with Crippen LogP contribution in [0.15, 0.2) is 48.2 Å². The molecular formula is C14H11NO4S. The van der Waals surface area contributed by atoms with Gasteiger partial charge in [-0.2, -0.15) is 0 Å². The van der Waals surface area contributed by atoms with Gasteiger partial charge in [0.2, 0.25) is 0 Å². The van der Waals surface area contributed by atoms with Crippen molar-refractivity contribution >= 4 is 17.0 Å². The van der Waals surface area contributed by atoms with E-state index in [-0.39, 0.29) is 10.6 Å². The lowest BCUT2D eigenvalue weighted by atomic mass is 10.1. The zero-order valence-corrected chi connectivity index (χ0v) is 11.2. The Kier molecular flexibility index (Phi) is 3.39. The molecule has 0 saturated heterocycles. The van der Waals surface area contributed by atoms with Crippen molar-refractivity contribution < 1.29 is 14.4 Å². The highest BCUT2D eigenvalue weighted by molar-refractivity contribution is 7.10. The van der Waals surface area contributed by atoms with E-state index in [0.717, 1.165) is 10.4 Å². The van der Waals surface area contributed by atoms with Crippen LogP contribution < -0.4 is 0 Å². The van der Waals surface area contributed by atoms with E-state index in [9.17, 15) is 10.1 Å². The molecule has 2 aromatic rings. The molecular weight excluding hydrogens is 278 g/mol. The van der Waals surface area contributed by atoms with Crippen LogP contribution in [-0.2, 0) is 15.9 Å². The third-order valence-corrected chi connectivity index (χ3v) is 3.97. The summed E-state index contributed by atoms with van der Waals surface area (Å²) in [5.41, 5.74) is 1.74. The lowest BCUT2D eigenvalue weighted by Crippen LogP contribution is -2.01. The van der Waals surface area contributed by atoms with Crippen molar-refractivity contribution in [3.8, 4) is 0 Å². The summed E-state index contributed by atoms with van der Waals surface area (Å²) in [6.45, 7) is 0. The van der Waals surface area contributed by atoms with Crippen molar-refractivity contribution in [3.05, 3.63) is 74.4 Å². The highest BCUT2D eigenvalue weighted by Gasteiger charge is 2.22. The van der Waals surface area contributed by atoms with Gasteiger partial charge < -0.3 is 9.47 Å². The average molecular weight is 289 g/mol. The average Bonchev–Trinajstić information content (AvgIpc) is 3.09. The van der Waals surface area contributed by atoms with Gasteiger partial charge in [-0.1, -0.05) is 18.2 Å². The first-order valence-corrected chi connectivity index (χ1v) is 6.88. The fourth-order valence-electron chi connectivity index (χ4n) is 2.10. The van der Waals surface area contributed by atoms with E-state index in [1.165, 1.54) is 18.6 Å². The monoisotopic (exact) mass is 289 g/mol. The van der Waals surface area contributed by atoms with Gasteiger partial charge in [-0.25, -0.2) is 0 Å². The Labute approximate surface area is 119 Å². The van der Waals surface area contributed by atoms with Gasteiger partial charge in [0.05, 0.1) is 4.92 Å². The van der Waals surface area contributed by atoms with E-state index in [2.05, 4.69) is 0 Å². The molecule has 0 saturated carbocycles. The number of rotatable bonds is 4. The molecule has 5 nitrogen and oxygen atoms in total. The zero-order chi connectivity index (χ0) is 13.9. The SMILES string of the molecule is O=[N+]([O-])c1ccccc1Cc1sccc1C1OC=CO1. The Morgan fingerprint density at radius 1 is 1.20 bits per heavy atom. The van der Waals surface area contributed by atoms with Crippen LogP contribution in [-0.4, -0.2) is 4.92 Å². The predicted octanol–water partition coefficient (Wildman–Crippen LogP) is 3.76. The molecule has 20 heavy (non-hydrogen) atoms. The quantitative estimate of drug-likeness (QED) is 0.635. The topological polar surface area (TPSA) is 61.6 Å². The molecule has 1 aliphatic heterocycles. The van der Waals surface area contributed by atoms with Crippen LogP contribution in [0.4, 0.5) is 5.69 Å². The largest absolute Gasteiger partial charge is 0.455 e. The summed E-state index contributed by atoms with van der Waals surface area (Å²) in [4.78, 5) is 11.7. The van der Waals surface area contributed by atoms with Crippen LogP contribution in [0.1, 0.15) is 22.3 Å². The molecule has 0 radical (unpaired) electrons. The first-order chi connectivity index (χ1) is 9.75. The predicted molar refractivity (Wildman–Crippen MR) is 74.3 cm³/mol. The van der Waals surface area contributed by atoms with Crippen LogP contribution in [0.2, 0.25) is 0 Å². The summed E-state index contributed by atoms with van der Waals surface area (Å²) in [6.07, 6.45) is 3.04. The second kappa shape index (κ2) is 5.34. The van der Waals surface area contributed by atoms with Crippen molar-refractivity contribution in [3.63, 3.8) is 0 Å². The molecule has 0 N–H and O–H groups in total. The van der Waals surface area contributed by atoms with Crippen molar-refractivity contribution in [2.24, 2.45) is 0 Å². The molecule has 102 valence electrons. The Balaban J connectivity index is 1.89. The van der Waals surface area contributed by atoms with Crippen molar-refractivity contribution in [1.29, 1.82) is 0 Å². The Morgan fingerprint density at radius 3 is 2.70 bits per heavy atom. The molecule has 0 atom stereocenters. The lowest BCUT2D eigenvalue weighted by molar-refractivity contribution is -0.385. The first-order valence-electron chi connectivity index (χ1n) is 6.00. The number of hydrogen-bond acceptors (Lipinski definition) is 5. The molecule has 6 heteroatoms. The number of benzene rings is 1. The van der Waals surface area contributed by atoms with Gasteiger partial charge >= 0.3 is 0 Å². The van der Waals surface area contributed by atoms with Crippen molar-refractivity contribution in [2.75, 3.05) is 0 Å². The summed E-state index contributed by atoms with van der Waals surface area (Å²) >= 11 is 1.54. The summed E-state index contributed by atoms with van der Waals surface area (Å²) in [5.74, 6) is 0. The molecule has 0 fully saturated rings. The molecule has 1 aliphatic rings. The van der Waals surface area contributed by atoms with Crippen LogP contribution in [0, 0.1) is 10.1 Å². The fourth-order valence-corrected chi connectivity index (χ4v) is 3.02. The minimum Gasteiger partial charge on any atom is -0.455 e. The second-order valence-corrected chi connectivity index (χ2v) is 5.24. The molecule has 0 bridgehead atoms. The van der Waals surface area contributed by atoms with Crippen molar-refractivity contribution in [2.45, 2.75) is 12.7 Å². The van der Waals surface area contributed by atoms with E-state index in [4.69, 9.17) is 9.47 Å². The summed E-state index contributed by atoms with van der Waals surface area (Å²) < 4.78 is 10.6. The van der Waals surface area contributed by atoms with E-state index in [1.807, 2.05) is 11.4 Å². The normalized spacial score (nSPS) is 14.0. The van der Waals surface area contributed by atoms with Gasteiger partial charge in [0, 0.05) is 28.5 Å². The van der Waals surface area contributed by atoms with Gasteiger partial charge in [-0.15, -0.1) is 11.3 Å². The number of ether oxygens (including phenoxy) is 2. The molecule has 1 aromatic carbocycles. The summed E-state index contributed by atoms with van der Waals surface area (Å²) in [5, 5.41) is 13.0. The zero-order valence-electron chi connectivity index (χ0n) is 10.4. The standard InChI is InChI=1S/C14H11NO4S/c16-15(17)12-4-2-1-3-10(12)9-13-11(5-8-20-13)14-18-6-7-19-14/h1-8,14H,9H2. The summed E-state index contributed by atoms with van der Waals surface area (Å²) in [7, 11) is 0. The van der Waals surface area contributed by atoms with Crippen LogP contribution in [0.25, 0.3) is 0 Å². The maximum Gasteiger partial charge on any atom is 0.272 e. The maximum atomic E-state index is 11.0. The smallest absolute Gasteiger partial charge is 0.272 e.